The van der Waals surface area contributed by atoms with Crippen molar-refractivity contribution in [2.45, 2.75) is 80.7 Å². The van der Waals surface area contributed by atoms with Gasteiger partial charge in [-0.1, -0.05) is 86.0 Å². The molecule has 5 aromatic heterocycles. The third kappa shape index (κ3) is 39.0. The van der Waals surface area contributed by atoms with Gasteiger partial charge < -0.3 is 110 Å². The molecule has 3 aliphatic rings. The fourth-order valence-corrected chi connectivity index (χ4v) is 17.5. The van der Waals surface area contributed by atoms with Crippen LogP contribution in [0.5, 0.6) is 5.75 Å². The number of rotatable bonds is 26. The van der Waals surface area contributed by atoms with Crippen LogP contribution in [0.2, 0.25) is 0 Å². The number of methoxy groups -OCH3 is 1. The molecule has 7 heterocycles. The van der Waals surface area contributed by atoms with Crippen molar-refractivity contribution in [3.8, 4) is 39.6 Å². The number of pyridine rings is 1. The molecule has 36 heteroatoms. The van der Waals surface area contributed by atoms with Crippen LogP contribution in [0.25, 0.3) is 50.4 Å². The van der Waals surface area contributed by atoms with Crippen LogP contribution in [0, 0.1) is 13.8 Å². The lowest BCUT2D eigenvalue weighted by Gasteiger charge is -2.30. The number of hydrogen-bond acceptors (Lipinski definition) is 28. The van der Waals surface area contributed by atoms with Crippen LogP contribution >= 0.6 is 0 Å². The summed E-state index contributed by atoms with van der Waals surface area (Å²) >= 11 is 0. The van der Waals surface area contributed by atoms with Gasteiger partial charge in [-0.15, -0.1) is 0 Å². The van der Waals surface area contributed by atoms with Crippen molar-refractivity contribution >= 4 is 128 Å². The number of ether oxygens (including phenoxy) is 2. The number of fused-ring (bicyclic) bond motifs is 2. The van der Waals surface area contributed by atoms with Gasteiger partial charge in [-0.3, -0.25) is 14.5 Å². The fourth-order valence-electron chi connectivity index (χ4n) is 14.9. The number of aromatic amines is 2. The maximum atomic E-state index is 12.6. The molecule has 18 rings (SSSR count). The smallest absolute Gasteiger partial charge is 0.414 e. The summed E-state index contributed by atoms with van der Waals surface area (Å²) in [5.74, 6) is 5.67. The first-order chi connectivity index (χ1) is 71.9. The monoisotopic (exact) mass is 2060 g/mol. The number of nitrogens with two attached hydrogens (primary N) is 2. The van der Waals surface area contributed by atoms with Crippen LogP contribution < -0.4 is 94.9 Å². The van der Waals surface area contributed by atoms with Crippen LogP contribution in [0.15, 0.2) is 325 Å². The summed E-state index contributed by atoms with van der Waals surface area (Å²) in [6.07, 6.45) is 19.2. The van der Waals surface area contributed by atoms with Gasteiger partial charge in [0.05, 0.1) is 76.5 Å². The number of aliphatic hydroxyl groups is 1. The van der Waals surface area contributed by atoms with E-state index in [0.29, 0.717) is 24.4 Å². The van der Waals surface area contributed by atoms with E-state index in [9.17, 15) is 27.0 Å². The van der Waals surface area contributed by atoms with Crippen LogP contribution in [-0.2, 0) is 30.7 Å². The quantitative estimate of drug-likeness (QED) is 0.0224. The molecule has 3 amide bonds. The van der Waals surface area contributed by atoms with Crippen molar-refractivity contribution in [1.29, 1.82) is 0 Å². The molecule has 21 N–H and O–H groups in total. The van der Waals surface area contributed by atoms with Crippen molar-refractivity contribution in [3.05, 3.63) is 345 Å². The Labute approximate surface area is 876 Å². The Bertz CT molecular complexity index is 6780. The van der Waals surface area contributed by atoms with Gasteiger partial charge in [0, 0.05) is 233 Å². The Balaban J connectivity index is 0.000000200. The van der Waals surface area contributed by atoms with E-state index in [0.717, 1.165) is 176 Å². The Hall–Kier alpha value is -16.7. The van der Waals surface area contributed by atoms with E-state index in [4.69, 9.17) is 30.5 Å². The van der Waals surface area contributed by atoms with Gasteiger partial charge in [-0.2, -0.15) is 0 Å². The molecule has 1 aliphatic carbocycles. The van der Waals surface area contributed by atoms with Crippen molar-refractivity contribution in [2.24, 2.45) is 11.5 Å². The van der Waals surface area contributed by atoms with E-state index >= 15 is 0 Å². The average molecular weight is 2060 g/mol. The third-order valence-corrected chi connectivity index (χ3v) is 26.8. The van der Waals surface area contributed by atoms with Gasteiger partial charge in [0.25, 0.3) is 0 Å². The number of cyclic esters (lactones) is 1. The number of imidazole rings is 1. The van der Waals surface area contributed by atoms with Crippen molar-refractivity contribution < 1.29 is 46.0 Å². The number of benzene rings is 10. The van der Waals surface area contributed by atoms with Gasteiger partial charge in [0.1, 0.15) is 17.4 Å². The normalized spacial score (nSPS) is 13.1. The van der Waals surface area contributed by atoms with E-state index in [-0.39, 0.29) is 34.5 Å². The van der Waals surface area contributed by atoms with Crippen LogP contribution in [0.1, 0.15) is 81.8 Å². The molecule has 149 heavy (non-hydrogen) atoms. The molecule has 0 spiro atoms. The number of oxazole rings is 1. The number of anilines is 12. The zero-order valence-electron chi connectivity index (χ0n) is 87.5. The van der Waals surface area contributed by atoms with Crippen LogP contribution in [0.4, 0.5) is 73.2 Å². The number of nitrogens with zero attached hydrogens (tertiary/aromatic N) is 6. The molecule has 2 aliphatic heterocycles. The molecule has 15 aromatic rings. The average Bonchev–Trinajstić information content (AvgIpc) is 1.46. The second kappa shape index (κ2) is 62.2. The lowest BCUT2D eigenvalue weighted by molar-refractivity contribution is 0.0999. The molecular weight excluding hydrogens is 1920 g/mol. The highest BCUT2D eigenvalue weighted by Crippen LogP contribution is 2.32. The molecule has 1 saturated heterocycles. The van der Waals surface area contributed by atoms with E-state index in [1.54, 1.807) is 87.4 Å². The van der Waals surface area contributed by atoms with Crippen LogP contribution in [0.3, 0.4) is 0 Å². The minimum atomic E-state index is -3.33. The van der Waals surface area contributed by atoms with Gasteiger partial charge in [0.2, 0.25) is 11.8 Å². The number of carbonyl (C=O) groups is 3. The molecule has 1 atom stereocenters. The SMILES string of the molecule is C=C(NC)c1cccc(NC)c1.C=C1CCc2cc(NC)ccc2N1.C=S(=O)(NC1CCC(NC)CC1)c1ccccc1.CNc1cc(C(N)=O)cc(C(N)=O)c1.CNc1cc(OC)ccn1.CNc1ccc(N2CCCOC2=O)c(C)c1.CNc1ccc2[nH]ccc2c1.CNc1cccc(-c2ccnc(C)n2)c1.CNc1cccc(-c2cnc[nH]2)c1.CNc1cccc(-c2cnco2)c1.CNc1cccc(S(=O)(=O)CCO)c1. The van der Waals surface area contributed by atoms with Crippen molar-refractivity contribution in [3.63, 3.8) is 0 Å². The molecule has 788 valence electrons. The molecular formula is C113H144N24O10S2. The van der Waals surface area contributed by atoms with E-state index in [1.165, 1.54) is 46.4 Å². The lowest BCUT2D eigenvalue weighted by Crippen LogP contribution is -2.41. The zero-order valence-corrected chi connectivity index (χ0v) is 89.2. The van der Waals surface area contributed by atoms with Gasteiger partial charge in [-0.25, -0.2) is 47.1 Å². The Morgan fingerprint density at radius 1 is 0.537 bits per heavy atom. The zero-order chi connectivity index (χ0) is 108. The predicted molar refractivity (Wildman–Crippen MR) is 617 cm³/mol. The van der Waals surface area contributed by atoms with E-state index < -0.39 is 31.4 Å². The van der Waals surface area contributed by atoms with Crippen molar-refractivity contribution in [1.82, 2.24) is 50.2 Å². The molecule has 0 bridgehead atoms. The largest absolute Gasteiger partial charge is 0.497 e. The molecule has 2 fully saturated rings. The van der Waals surface area contributed by atoms with Crippen molar-refractivity contribution in [2.75, 3.05) is 181 Å². The number of sulfone groups is 1. The number of hydrogen-bond donors (Lipinski definition) is 19. The number of allylic oxidation sites excluding steroid dienone is 1. The Morgan fingerprint density at radius 3 is 1.66 bits per heavy atom. The Kier molecular flexibility index (Phi) is 49.1. The highest BCUT2D eigenvalue weighted by molar-refractivity contribution is 7.98. The summed E-state index contributed by atoms with van der Waals surface area (Å²) in [4.78, 5) is 62.6. The number of aromatic nitrogens is 7. The van der Waals surface area contributed by atoms with E-state index in [1.807, 2.05) is 236 Å². The molecule has 1 saturated carbocycles. The first-order valence-electron chi connectivity index (χ1n) is 48.4. The summed E-state index contributed by atoms with van der Waals surface area (Å²) in [6.45, 7) is 12.6. The molecule has 1 unspecified atom stereocenters. The number of H-pyrrole nitrogens is 2. The maximum absolute atomic E-state index is 12.6. The number of aryl methyl sites for hydroxylation is 3. The number of primary amides is 2. The summed E-state index contributed by atoms with van der Waals surface area (Å²) in [7, 11) is 18.4. The highest BCUT2D eigenvalue weighted by atomic mass is 32.2. The second-order valence-electron chi connectivity index (χ2n) is 33.5. The van der Waals surface area contributed by atoms with Crippen LogP contribution in [-0.4, -0.2) is 206 Å². The molecule has 10 aromatic carbocycles. The number of carbonyl (C=O) groups excluding carboxylic acids is 3. The summed E-state index contributed by atoms with van der Waals surface area (Å²) in [5, 5.41) is 49.7. The third-order valence-electron chi connectivity index (χ3n) is 23.3. The minimum Gasteiger partial charge on any atom is -0.497 e. The van der Waals surface area contributed by atoms with Gasteiger partial charge >= 0.3 is 6.09 Å². The maximum Gasteiger partial charge on any atom is 0.414 e. The number of aliphatic hydroxyl groups excluding tert-OH is 1. The summed E-state index contributed by atoms with van der Waals surface area (Å²) in [5.41, 5.74) is 34.0. The summed E-state index contributed by atoms with van der Waals surface area (Å²) < 4.78 is 54.0. The summed E-state index contributed by atoms with van der Waals surface area (Å²) in [6, 6.07) is 80.0. The topological polar surface area (TPSA) is 474 Å². The van der Waals surface area contributed by atoms with E-state index in [2.05, 4.69) is 188 Å². The Morgan fingerprint density at radius 2 is 1.09 bits per heavy atom. The highest BCUT2D eigenvalue weighted by Gasteiger charge is 2.25. The van der Waals surface area contributed by atoms with Gasteiger partial charge in [0.15, 0.2) is 22.0 Å². The first kappa shape index (κ1) is 118. The standard InChI is InChI=1S/C14H22N2OS.C12H13N3.C12H16N2O2.C11H14N2.C10H11N3.C10H10N2O.C10H14N2.C9H11N3O2.C9H10N2.C9H13NO3S.C7H10N2O/c1-15-12-8-10-13(11-9-12)16-18(2,17)14-6-4-3-5-7-14;1-9-14-7-6-12(15-9)10-4-3-5-11(8-10)13-2;1-9-8-10(13-2)4-5-11(9)14-6-3-7-16-12(14)15;1-8-3-4-9-7-10(12-2)5-6-11(9)13-8;2*1-11-9-4-2-3-8(5-9)10-6-12-7-13-10;1-8(11-2)9-5-4-6-10(7-9)12-3;1-12-7-3-5(8(10)13)2-6(4-7)9(11)14;1-10-8-2-3-9-7(6-8)4-5-11-9;1-10-8-3-2-4-9(7-8)14(12,13)6-5-11;1-8-7-5-6(10-2)3-4-9-7/h3-7,12-13,15H,2,8-11H2,1H3,(H,16,17);3-8,13H,1-2H3;4-5,8,13H,3,6-7H2,1-2H3;5-7,12-13H,1,3-4H2,2H3;2-7,11H,1H3,(H,12,13);2-7,11H,1H3;4-7,11-12H,1H2,2-3H3;2-4,12H,1H3,(H2,10,13)(H2,11,14);2-6,10-11H,1H3;2-4,7,10-11H,5-6H2,1H3;3-5H,1-2H3,(H,8,9). The number of nitrogens with one attached hydrogen (secondary N) is 16. The minimum absolute atomic E-state index is 0.235. The second-order valence-corrected chi connectivity index (χ2v) is 37.7. The molecule has 34 nitrogen and oxygen atoms in total. The number of amides is 3. The predicted octanol–water partition coefficient (Wildman–Crippen LogP) is 19.5. The van der Waals surface area contributed by atoms with Gasteiger partial charge in [-0.05, 0) is 258 Å². The first-order valence-corrected chi connectivity index (χ1v) is 51.8. The fraction of sp³-hybridized carbons (Fsp3) is 0.248. The lowest BCUT2D eigenvalue weighted by atomic mass is 9.92. The molecule has 0 radical (unpaired) electrons.